The van der Waals surface area contributed by atoms with Gasteiger partial charge in [-0.3, -0.25) is 14.4 Å². The van der Waals surface area contributed by atoms with Crippen LogP contribution in [-0.2, 0) is 21.2 Å². The second-order valence-electron chi connectivity index (χ2n) is 8.17. The fraction of sp³-hybridized carbons (Fsp3) is 0.200. The highest BCUT2D eigenvalue weighted by molar-refractivity contribution is 7.98. The number of pyridine rings is 2. The molecule has 0 saturated carbocycles. The van der Waals surface area contributed by atoms with E-state index in [4.69, 9.17) is 26.7 Å². The summed E-state index contributed by atoms with van der Waals surface area (Å²) in [4.78, 5) is 40.6. The lowest BCUT2D eigenvalue weighted by Gasteiger charge is -2.08. The predicted molar refractivity (Wildman–Crippen MR) is 167 cm³/mol. The topological polar surface area (TPSA) is 159 Å². The van der Waals surface area contributed by atoms with Crippen molar-refractivity contribution in [3.05, 3.63) is 120 Å². The molecule has 0 spiro atoms. The van der Waals surface area contributed by atoms with Gasteiger partial charge in [0.25, 0.3) is 11.1 Å². The van der Waals surface area contributed by atoms with Crippen LogP contribution in [0.25, 0.3) is 0 Å². The minimum atomic E-state index is -0.464. The van der Waals surface area contributed by atoms with Crippen LogP contribution in [0.5, 0.6) is 0 Å². The molecule has 0 bridgehead atoms. The molecule has 0 radical (unpaired) electrons. The molecule has 0 atom stereocenters. The van der Waals surface area contributed by atoms with Crippen molar-refractivity contribution in [2.75, 3.05) is 26.4 Å². The minimum absolute atomic E-state index is 0. The number of benzene rings is 2. The van der Waals surface area contributed by atoms with E-state index in [9.17, 15) is 9.59 Å². The molecule has 0 saturated heterocycles. The Morgan fingerprint density at radius 3 is 1.66 bits per heavy atom. The molecule has 2 heterocycles. The molecule has 14 heteroatoms. The van der Waals surface area contributed by atoms with E-state index < -0.39 is 5.24 Å². The molecule has 44 heavy (non-hydrogen) atoms. The third-order valence-corrected chi connectivity index (χ3v) is 7.39. The average Bonchev–Trinajstić information content (AvgIpc) is 3.05. The number of amides is 1. The van der Waals surface area contributed by atoms with Crippen LogP contribution in [0.2, 0.25) is 0 Å². The number of aliphatic hydroxyl groups is 2. The number of quaternary nitrogens is 1. The van der Waals surface area contributed by atoms with Gasteiger partial charge in [0.15, 0.2) is 0 Å². The van der Waals surface area contributed by atoms with Crippen molar-refractivity contribution in [2.24, 2.45) is 0 Å². The van der Waals surface area contributed by atoms with Gasteiger partial charge >= 0.3 is 0 Å². The monoisotopic (exact) mass is 680 g/mol. The highest BCUT2D eigenvalue weighted by atomic mass is 35.5. The molecule has 6 N–H and O–H groups in total. The molecule has 4 rings (SSSR count). The lowest BCUT2D eigenvalue weighted by molar-refractivity contribution is -0.689. The van der Waals surface area contributed by atoms with Crippen molar-refractivity contribution in [1.29, 1.82) is 0 Å². The second-order valence-corrected chi connectivity index (χ2v) is 10.4. The number of hydrogen-bond donors (Lipinski definition) is 4. The normalized spacial score (nSPS) is 9.82. The van der Waals surface area contributed by atoms with Crippen LogP contribution in [0.1, 0.15) is 31.8 Å². The molecule has 0 fully saturated rings. The number of hydroxylamine groups is 1. The highest BCUT2D eigenvalue weighted by Gasteiger charge is 2.13. The first kappa shape index (κ1) is 39.0. The van der Waals surface area contributed by atoms with Gasteiger partial charge in [-0.05, 0) is 47.0 Å². The third-order valence-electron chi connectivity index (χ3n) is 5.03. The van der Waals surface area contributed by atoms with Gasteiger partial charge in [0.2, 0.25) is 0 Å². The molecule has 0 aliphatic heterocycles. The first-order valence-corrected chi connectivity index (χ1v) is 15.3. The Hall–Kier alpha value is -3.04. The zero-order chi connectivity index (χ0) is 31.1. The predicted octanol–water partition coefficient (Wildman–Crippen LogP) is 0.937. The van der Waals surface area contributed by atoms with Gasteiger partial charge in [-0.1, -0.05) is 60.7 Å². The van der Waals surface area contributed by atoms with Crippen LogP contribution in [0.3, 0.4) is 0 Å². The van der Waals surface area contributed by atoms with E-state index in [1.165, 1.54) is 29.1 Å². The molecule has 2 aromatic heterocycles. The maximum absolute atomic E-state index is 12.0. The highest BCUT2D eigenvalue weighted by Crippen LogP contribution is 2.25. The molecule has 4 aromatic rings. The summed E-state index contributed by atoms with van der Waals surface area (Å²) in [5.74, 6) is 4.15. The summed E-state index contributed by atoms with van der Waals surface area (Å²) < 4.78 is 0. The number of nitrogens with zero attached hydrogens (tertiary/aromatic N) is 2. The first-order valence-electron chi connectivity index (χ1n) is 12.9. The first-order chi connectivity index (χ1) is 21.0. The Balaban J connectivity index is 0.000000380. The van der Waals surface area contributed by atoms with Gasteiger partial charge < -0.3 is 22.6 Å². The molecule has 2 aromatic carbocycles. The number of carbonyl (C=O) groups is 2. The van der Waals surface area contributed by atoms with Crippen molar-refractivity contribution in [2.45, 2.75) is 21.6 Å². The van der Waals surface area contributed by atoms with E-state index in [-0.39, 0.29) is 38.1 Å². The van der Waals surface area contributed by atoms with Crippen LogP contribution in [-0.4, -0.2) is 57.8 Å². The summed E-state index contributed by atoms with van der Waals surface area (Å²) in [5.41, 5.74) is 5.56. The van der Waals surface area contributed by atoms with Gasteiger partial charge in [0.1, 0.15) is 16.7 Å². The van der Waals surface area contributed by atoms with E-state index in [1.54, 1.807) is 36.7 Å². The Morgan fingerprint density at radius 1 is 0.750 bits per heavy atom. The number of carbonyl (C=O) groups excluding carboxylic acids is 2. The van der Waals surface area contributed by atoms with E-state index >= 15 is 0 Å². The molecule has 10 nitrogen and oxygen atoms in total. The van der Waals surface area contributed by atoms with Crippen LogP contribution < -0.4 is 23.8 Å². The lowest BCUT2D eigenvalue weighted by atomic mass is 10.2. The fourth-order valence-electron chi connectivity index (χ4n) is 3.07. The van der Waals surface area contributed by atoms with E-state index in [0.29, 0.717) is 27.8 Å². The van der Waals surface area contributed by atoms with Crippen LogP contribution >= 0.6 is 35.1 Å². The number of halogens is 2. The Labute approximate surface area is 276 Å². The zero-order valence-corrected chi connectivity index (χ0v) is 26.8. The van der Waals surface area contributed by atoms with E-state index in [0.717, 1.165) is 17.1 Å². The van der Waals surface area contributed by atoms with Crippen molar-refractivity contribution in [3.8, 4) is 0 Å². The number of thioether (sulfide) groups is 2. The number of aliphatic hydroxyl groups excluding tert-OH is 2. The fourth-order valence-corrected chi connectivity index (χ4v) is 5.17. The molecule has 236 valence electrons. The summed E-state index contributed by atoms with van der Waals surface area (Å²) in [6, 6.07) is 26.8. The van der Waals surface area contributed by atoms with Gasteiger partial charge in [0.05, 0.1) is 30.9 Å². The Morgan fingerprint density at radius 2 is 1.23 bits per heavy atom. The quantitative estimate of drug-likeness (QED) is 0.0693. The van der Waals surface area contributed by atoms with Gasteiger partial charge in [-0.15, -0.1) is 23.5 Å². The van der Waals surface area contributed by atoms with E-state index in [1.807, 2.05) is 60.7 Å². The van der Waals surface area contributed by atoms with Crippen LogP contribution in [0.15, 0.2) is 107 Å². The minimum Gasteiger partial charge on any atom is -1.00 e. The van der Waals surface area contributed by atoms with Gasteiger partial charge in [-0.25, -0.2) is 26.2 Å². The summed E-state index contributed by atoms with van der Waals surface area (Å²) in [6.07, 6.45) is 3.31. The molecule has 0 aliphatic carbocycles. The zero-order valence-electron chi connectivity index (χ0n) is 23.7. The smallest absolute Gasteiger partial charge is 0.277 e. The molecule has 0 aliphatic rings. The maximum Gasteiger partial charge on any atom is 0.277 e. The standard InChI is InChI=1S/C15H16N2O3S.C13H10ClNOS.C2H8NO2.ClH/c18-9-10-20-17-14(19)13-7-4-8-16-15(13)21-11-12-5-2-1-3-6-12;14-12(16)11-7-4-8-15-13(11)17-9-10-5-2-1-3-6-10;3-5-2-1-4;/h1-8,18H,9-11H2,(H,17,19);1-8H,9H2;4H,1-2H2,3H3;1H/q;;+1;/p-1. The number of nitrogens with one attached hydrogen (secondary N) is 1. The Kier molecular flexibility index (Phi) is 21.5. The van der Waals surface area contributed by atoms with Crippen molar-refractivity contribution >= 4 is 46.3 Å². The van der Waals surface area contributed by atoms with Crippen LogP contribution in [0, 0.1) is 0 Å². The van der Waals surface area contributed by atoms with Crippen molar-refractivity contribution in [3.63, 3.8) is 0 Å². The number of aromatic nitrogens is 2. The van der Waals surface area contributed by atoms with Crippen molar-refractivity contribution < 1.29 is 47.8 Å². The maximum atomic E-state index is 12.0. The largest absolute Gasteiger partial charge is 1.00 e. The number of rotatable bonds is 13. The lowest BCUT2D eigenvalue weighted by Crippen LogP contribution is -3.00. The van der Waals surface area contributed by atoms with Crippen LogP contribution in [0.4, 0.5) is 0 Å². The van der Waals surface area contributed by atoms with Crippen molar-refractivity contribution in [1.82, 2.24) is 15.4 Å². The van der Waals surface area contributed by atoms with Gasteiger partial charge in [0, 0.05) is 23.9 Å². The average molecular weight is 682 g/mol. The second kappa shape index (κ2) is 24.3. The summed E-state index contributed by atoms with van der Waals surface area (Å²) >= 11 is 8.50. The Bertz CT molecular complexity index is 1360. The molecule has 0 unspecified atom stereocenters. The molecular formula is C30H34Cl2N4O6S2. The summed E-state index contributed by atoms with van der Waals surface area (Å²) in [6.45, 7) is 0.297. The summed E-state index contributed by atoms with van der Waals surface area (Å²) in [7, 11) is 0. The molecular weight excluding hydrogens is 647 g/mol. The number of hydrogen-bond acceptors (Lipinski definition) is 10. The van der Waals surface area contributed by atoms with Gasteiger partial charge in [-0.2, -0.15) is 0 Å². The summed E-state index contributed by atoms with van der Waals surface area (Å²) in [5, 5.41) is 17.4. The molecule has 1 amide bonds. The third kappa shape index (κ3) is 15.6. The SMILES string of the molecule is O=C(Cl)c1cccnc1SCc1ccccc1.O=C(NOCCO)c1cccnc1SCc1ccccc1.[Cl-].[NH3+]OCCO. The van der Waals surface area contributed by atoms with E-state index in [2.05, 4.69) is 26.2 Å².